The van der Waals surface area contributed by atoms with E-state index in [-0.39, 0.29) is 17.2 Å². The highest BCUT2D eigenvalue weighted by atomic mass is 16.5. The summed E-state index contributed by atoms with van der Waals surface area (Å²) in [5, 5.41) is 0. The lowest BCUT2D eigenvalue weighted by Crippen LogP contribution is -2.50. The molecule has 1 atom stereocenters. The number of hydrogen-bond donors (Lipinski definition) is 0. The Hall–Kier alpha value is -3.55. The quantitative estimate of drug-likeness (QED) is 0.580. The number of nitrogens with zero attached hydrogens (tertiary/aromatic N) is 4. The van der Waals surface area contributed by atoms with Crippen LogP contribution >= 0.6 is 0 Å². The van der Waals surface area contributed by atoms with Gasteiger partial charge in [-0.2, -0.15) is 0 Å². The fourth-order valence-electron chi connectivity index (χ4n) is 5.57. The third kappa shape index (κ3) is 4.90. The molecule has 1 aliphatic carbocycles. The van der Waals surface area contributed by atoms with Gasteiger partial charge in [0.2, 0.25) is 11.8 Å². The summed E-state index contributed by atoms with van der Waals surface area (Å²) >= 11 is 0. The van der Waals surface area contributed by atoms with Gasteiger partial charge in [0, 0.05) is 57.5 Å². The van der Waals surface area contributed by atoms with E-state index in [1.807, 2.05) is 58.5 Å². The number of benzene rings is 1. The number of amides is 2. The van der Waals surface area contributed by atoms with Gasteiger partial charge < -0.3 is 24.2 Å². The number of carbonyl (C=O) groups is 2. The normalized spacial score (nSPS) is 21.1. The van der Waals surface area contributed by atoms with Gasteiger partial charge in [0.15, 0.2) is 11.5 Å². The minimum absolute atomic E-state index is 0.00815. The van der Waals surface area contributed by atoms with E-state index in [1.54, 1.807) is 20.3 Å². The summed E-state index contributed by atoms with van der Waals surface area (Å²) in [6, 6.07) is 11.5. The van der Waals surface area contributed by atoms with Crippen molar-refractivity contribution in [1.82, 2.24) is 14.8 Å². The Balaban J connectivity index is 1.10. The van der Waals surface area contributed by atoms with Gasteiger partial charge in [-0.05, 0) is 60.6 Å². The average Bonchev–Trinajstić information content (AvgIpc) is 3.64. The Morgan fingerprint density at radius 1 is 0.944 bits per heavy atom. The smallest absolute Gasteiger partial charge is 0.246 e. The average molecular weight is 491 g/mol. The van der Waals surface area contributed by atoms with Gasteiger partial charge in [-0.1, -0.05) is 12.1 Å². The maximum absolute atomic E-state index is 13.2. The zero-order valence-electron chi connectivity index (χ0n) is 21.1. The van der Waals surface area contributed by atoms with Crippen LogP contribution in [0.3, 0.4) is 0 Å². The van der Waals surface area contributed by atoms with Crippen molar-refractivity contribution in [2.45, 2.75) is 19.3 Å². The second-order valence-electron chi connectivity index (χ2n) is 9.89. The molecule has 0 radical (unpaired) electrons. The molecule has 2 amide bonds. The number of pyridine rings is 1. The molecule has 0 unspecified atom stereocenters. The number of likely N-dealkylation sites (tertiary alicyclic amines) is 1. The predicted octanol–water partition coefficient (Wildman–Crippen LogP) is 3.09. The molecule has 1 aromatic heterocycles. The Labute approximate surface area is 212 Å². The molecule has 2 aliphatic heterocycles. The van der Waals surface area contributed by atoms with Gasteiger partial charge in [-0.25, -0.2) is 4.98 Å². The summed E-state index contributed by atoms with van der Waals surface area (Å²) in [4.78, 5) is 36.6. The lowest BCUT2D eigenvalue weighted by Gasteiger charge is -2.37. The monoisotopic (exact) mass is 490 g/mol. The molecule has 5 rings (SSSR count). The summed E-state index contributed by atoms with van der Waals surface area (Å²) < 4.78 is 10.6. The molecular weight excluding hydrogens is 456 g/mol. The molecule has 3 heterocycles. The first-order chi connectivity index (χ1) is 17.5. The molecule has 3 fully saturated rings. The van der Waals surface area contributed by atoms with Crippen LogP contribution in [-0.4, -0.2) is 80.1 Å². The van der Waals surface area contributed by atoms with E-state index in [4.69, 9.17) is 9.47 Å². The Morgan fingerprint density at radius 2 is 1.69 bits per heavy atom. The highest BCUT2D eigenvalue weighted by Gasteiger charge is 2.59. The van der Waals surface area contributed by atoms with Crippen molar-refractivity contribution in [3.8, 4) is 11.5 Å². The SMILES string of the molecule is COc1ccc(/C=C/C(=O)N2CCC3(CC2)C[C@@H]3C(=O)N2CCN(c3ccccn3)CC2)cc1OC. The lowest BCUT2D eigenvalue weighted by atomic mass is 9.90. The van der Waals surface area contributed by atoms with Crippen molar-refractivity contribution >= 4 is 23.7 Å². The van der Waals surface area contributed by atoms with E-state index < -0.39 is 0 Å². The molecule has 1 aromatic carbocycles. The molecule has 36 heavy (non-hydrogen) atoms. The van der Waals surface area contributed by atoms with Gasteiger partial charge in [0.25, 0.3) is 0 Å². The Kier molecular flexibility index (Phi) is 6.85. The van der Waals surface area contributed by atoms with Crippen LogP contribution in [0.5, 0.6) is 11.5 Å². The van der Waals surface area contributed by atoms with Crippen molar-refractivity contribution in [2.75, 3.05) is 58.4 Å². The minimum atomic E-state index is 0.00815. The predicted molar refractivity (Wildman–Crippen MR) is 138 cm³/mol. The first-order valence-electron chi connectivity index (χ1n) is 12.7. The molecular formula is C28H34N4O4. The van der Waals surface area contributed by atoms with Crippen LogP contribution in [0.1, 0.15) is 24.8 Å². The third-order valence-corrected chi connectivity index (χ3v) is 7.95. The second kappa shape index (κ2) is 10.2. The fourth-order valence-corrected chi connectivity index (χ4v) is 5.57. The van der Waals surface area contributed by atoms with E-state index in [9.17, 15) is 9.59 Å². The van der Waals surface area contributed by atoms with Gasteiger partial charge in [0.05, 0.1) is 14.2 Å². The minimum Gasteiger partial charge on any atom is -0.493 e. The number of carbonyl (C=O) groups excluding carboxylic acids is 2. The summed E-state index contributed by atoms with van der Waals surface area (Å²) in [5.74, 6) is 2.68. The van der Waals surface area contributed by atoms with E-state index in [1.165, 1.54) is 0 Å². The topological polar surface area (TPSA) is 75.2 Å². The maximum atomic E-state index is 13.2. The molecule has 0 bridgehead atoms. The largest absolute Gasteiger partial charge is 0.493 e. The molecule has 8 heteroatoms. The van der Waals surface area contributed by atoms with Crippen LogP contribution in [0.15, 0.2) is 48.7 Å². The molecule has 0 N–H and O–H groups in total. The number of rotatable bonds is 6. The van der Waals surface area contributed by atoms with Crippen LogP contribution in [-0.2, 0) is 9.59 Å². The highest BCUT2D eigenvalue weighted by Crippen LogP contribution is 2.60. The zero-order chi connectivity index (χ0) is 25.1. The molecule has 8 nitrogen and oxygen atoms in total. The van der Waals surface area contributed by atoms with E-state index >= 15 is 0 Å². The van der Waals surface area contributed by atoms with Gasteiger partial charge in [-0.15, -0.1) is 0 Å². The third-order valence-electron chi connectivity index (χ3n) is 7.95. The van der Waals surface area contributed by atoms with E-state index in [0.29, 0.717) is 30.5 Å². The van der Waals surface area contributed by atoms with Gasteiger partial charge >= 0.3 is 0 Å². The number of anilines is 1. The highest BCUT2D eigenvalue weighted by molar-refractivity contribution is 5.92. The van der Waals surface area contributed by atoms with Crippen LogP contribution in [0.25, 0.3) is 6.08 Å². The van der Waals surface area contributed by atoms with Crippen molar-refractivity contribution < 1.29 is 19.1 Å². The Bertz CT molecular complexity index is 1120. The fraction of sp³-hybridized carbons (Fsp3) is 0.464. The number of piperazine rings is 1. The van der Waals surface area contributed by atoms with Gasteiger partial charge in [-0.3, -0.25) is 9.59 Å². The van der Waals surface area contributed by atoms with Crippen molar-refractivity contribution in [2.24, 2.45) is 11.3 Å². The lowest BCUT2D eigenvalue weighted by molar-refractivity contribution is -0.134. The molecule has 190 valence electrons. The van der Waals surface area contributed by atoms with Crippen LogP contribution in [0.4, 0.5) is 5.82 Å². The van der Waals surface area contributed by atoms with Crippen LogP contribution < -0.4 is 14.4 Å². The molecule has 2 saturated heterocycles. The molecule has 2 aromatic rings. The summed E-state index contributed by atoms with van der Waals surface area (Å²) in [6.45, 7) is 4.52. The summed E-state index contributed by atoms with van der Waals surface area (Å²) in [6.07, 6.45) is 7.98. The number of ether oxygens (including phenoxy) is 2. The summed E-state index contributed by atoms with van der Waals surface area (Å²) in [5.41, 5.74) is 0.962. The molecule has 1 saturated carbocycles. The number of aromatic nitrogens is 1. The van der Waals surface area contributed by atoms with Crippen molar-refractivity contribution in [3.05, 3.63) is 54.2 Å². The zero-order valence-corrected chi connectivity index (χ0v) is 21.1. The second-order valence-corrected chi connectivity index (χ2v) is 9.89. The maximum Gasteiger partial charge on any atom is 0.246 e. The van der Waals surface area contributed by atoms with Crippen LogP contribution in [0.2, 0.25) is 0 Å². The molecule has 3 aliphatic rings. The number of hydrogen-bond acceptors (Lipinski definition) is 6. The van der Waals surface area contributed by atoms with Crippen molar-refractivity contribution in [1.29, 1.82) is 0 Å². The molecule has 1 spiro atoms. The standard InChI is InChI=1S/C28H34N4O4/c1-35-23-8-6-21(19-24(23)36-2)7-9-26(33)31-13-10-28(11-14-31)20-22(28)27(34)32-17-15-30(16-18-32)25-5-3-4-12-29-25/h3-9,12,19,22H,10-11,13-18,20H2,1-2H3/b9-7+/t22-/m1/s1. The first-order valence-corrected chi connectivity index (χ1v) is 12.7. The van der Waals surface area contributed by atoms with Crippen LogP contribution in [0, 0.1) is 11.3 Å². The Morgan fingerprint density at radius 3 is 2.36 bits per heavy atom. The number of piperidine rings is 1. The number of methoxy groups -OCH3 is 2. The van der Waals surface area contributed by atoms with E-state index in [2.05, 4.69) is 9.88 Å². The first kappa shape index (κ1) is 24.2. The summed E-state index contributed by atoms with van der Waals surface area (Å²) in [7, 11) is 3.19. The van der Waals surface area contributed by atoms with E-state index in [0.717, 1.165) is 56.8 Å². The van der Waals surface area contributed by atoms with Crippen molar-refractivity contribution in [3.63, 3.8) is 0 Å². The van der Waals surface area contributed by atoms with Gasteiger partial charge in [0.1, 0.15) is 5.82 Å².